The lowest BCUT2D eigenvalue weighted by Crippen LogP contribution is -2.05. The molecule has 0 saturated carbocycles. The maximum Gasteiger partial charge on any atom is 0.165 e. The minimum absolute atomic E-state index is 0.482. The number of methoxy groups -OCH3 is 1. The number of hydrogen-bond donors (Lipinski definition) is 1. The lowest BCUT2D eigenvalue weighted by molar-refractivity contribution is 0.281. The molecular formula is C24H24BrNO2. The van der Waals surface area contributed by atoms with E-state index in [1.54, 1.807) is 7.11 Å². The molecule has 0 heterocycles. The summed E-state index contributed by atoms with van der Waals surface area (Å²) in [7, 11) is 1.67. The van der Waals surface area contributed by atoms with Gasteiger partial charge in [0.15, 0.2) is 11.5 Å². The highest BCUT2D eigenvalue weighted by atomic mass is 79.9. The molecule has 0 atom stereocenters. The topological polar surface area (TPSA) is 30.5 Å². The second-order valence-corrected chi connectivity index (χ2v) is 7.33. The van der Waals surface area contributed by atoms with E-state index in [1.807, 2.05) is 54.6 Å². The van der Waals surface area contributed by atoms with Gasteiger partial charge in [-0.2, -0.15) is 0 Å². The third-order valence-electron chi connectivity index (χ3n) is 4.34. The molecular weight excluding hydrogens is 414 g/mol. The van der Waals surface area contributed by atoms with Gasteiger partial charge in [-0.05, 0) is 53.9 Å². The van der Waals surface area contributed by atoms with Crippen LogP contribution in [0.25, 0.3) is 0 Å². The Labute approximate surface area is 175 Å². The number of ether oxygens (including phenoxy) is 2. The predicted molar refractivity (Wildman–Crippen MR) is 119 cm³/mol. The van der Waals surface area contributed by atoms with Crippen molar-refractivity contribution in [1.29, 1.82) is 0 Å². The van der Waals surface area contributed by atoms with Crippen molar-refractivity contribution in [3.8, 4) is 11.5 Å². The number of rotatable bonds is 9. The second-order valence-electron chi connectivity index (χ2n) is 6.41. The fourth-order valence-electron chi connectivity index (χ4n) is 2.94. The molecule has 1 N–H and O–H groups in total. The van der Waals surface area contributed by atoms with Gasteiger partial charge >= 0.3 is 0 Å². The van der Waals surface area contributed by atoms with Crippen LogP contribution in [-0.2, 0) is 19.6 Å². The third-order valence-corrected chi connectivity index (χ3v) is 4.87. The van der Waals surface area contributed by atoms with Gasteiger partial charge in [0, 0.05) is 22.3 Å². The van der Waals surface area contributed by atoms with E-state index in [1.165, 1.54) is 0 Å². The standard InChI is InChI=1S/C24H24BrNO2/c1-3-7-20-14-19(16-26-22-8-5-4-6-9-22)15-23(27-2)24(20)28-17-18-10-12-21(25)13-11-18/h3-6,8-15,26H,1,7,16-17H2,2H3. The van der Waals surface area contributed by atoms with Gasteiger partial charge in [-0.1, -0.05) is 52.3 Å². The molecule has 0 aromatic heterocycles. The van der Waals surface area contributed by atoms with Gasteiger partial charge in [0.1, 0.15) is 6.61 Å². The fourth-order valence-corrected chi connectivity index (χ4v) is 3.21. The molecule has 144 valence electrons. The number of halogens is 1. The first-order valence-electron chi connectivity index (χ1n) is 9.16. The van der Waals surface area contributed by atoms with Crippen molar-refractivity contribution in [1.82, 2.24) is 0 Å². The Bertz CT molecular complexity index is 908. The summed E-state index contributed by atoms with van der Waals surface area (Å²) in [4.78, 5) is 0. The summed E-state index contributed by atoms with van der Waals surface area (Å²) in [6.07, 6.45) is 2.60. The summed E-state index contributed by atoms with van der Waals surface area (Å²) in [5.74, 6) is 1.51. The van der Waals surface area contributed by atoms with Crippen LogP contribution in [0, 0.1) is 0 Å². The zero-order valence-electron chi connectivity index (χ0n) is 16.0. The van der Waals surface area contributed by atoms with Gasteiger partial charge in [-0.3, -0.25) is 0 Å². The molecule has 3 rings (SSSR count). The first-order valence-corrected chi connectivity index (χ1v) is 9.95. The molecule has 0 fully saturated rings. The van der Waals surface area contributed by atoms with E-state index in [9.17, 15) is 0 Å². The fraction of sp³-hybridized carbons (Fsp3) is 0.167. The number of nitrogens with one attached hydrogen (secondary N) is 1. The summed E-state index contributed by atoms with van der Waals surface area (Å²) in [5.41, 5.74) is 4.39. The van der Waals surface area contributed by atoms with E-state index in [0.29, 0.717) is 19.6 Å². The van der Waals surface area contributed by atoms with Crippen molar-refractivity contribution in [2.75, 3.05) is 12.4 Å². The van der Waals surface area contributed by atoms with E-state index in [2.05, 4.69) is 46.0 Å². The number of para-hydroxylation sites is 1. The molecule has 0 aliphatic heterocycles. The predicted octanol–water partition coefficient (Wildman–Crippen LogP) is 6.38. The summed E-state index contributed by atoms with van der Waals surface area (Å²) >= 11 is 3.46. The van der Waals surface area contributed by atoms with Crippen LogP contribution in [0.5, 0.6) is 11.5 Å². The normalized spacial score (nSPS) is 10.4. The van der Waals surface area contributed by atoms with Crippen LogP contribution >= 0.6 is 15.9 Å². The van der Waals surface area contributed by atoms with Gasteiger partial charge in [-0.15, -0.1) is 6.58 Å². The van der Waals surface area contributed by atoms with Crippen molar-refractivity contribution < 1.29 is 9.47 Å². The highest BCUT2D eigenvalue weighted by molar-refractivity contribution is 9.10. The summed E-state index contributed by atoms with van der Waals surface area (Å²) in [6.45, 7) is 5.07. The number of allylic oxidation sites excluding steroid dienone is 1. The molecule has 0 radical (unpaired) electrons. The minimum Gasteiger partial charge on any atom is -0.493 e. The summed E-state index contributed by atoms with van der Waals surface area (Å²) < 4.78 is 12.8. The summed E-state index contributed by atoms with van der Waals surface area (Å²) in [5, 5.41) is 3.44. The monoisotopic (exact) mass is 437 g/mol. The molecule has 3 nitrogen and oxygen atoms in total. The van der Waals surface area contributed by atoms with Gasteiger partial charge in [-0.25, -0.2) is 0 Å². The lowest BCUT2D eigenvalue weighted by atomic mass is 10.1. The molecule has 0 amide bonds. The van der Waals surface area contributed by atoms with Crippen LogP contribution in [0.1, 0.15) is 16.7 Å². The smallest absolute Gasteiger partial charge is 0.165 e. The van der Waals surface area contributed by atoms with Crippen molar-refractivity contribution in [2.45, 2.75) is 19.6 Å². The van der Waals surface area contributed by atoms with E-state index in [-0.39, 0.29) is 0 Å². The number of benzene rings is 3. The molecule has 0 aliphatic carbocycles. The van der Waals surface area contributed by atoms with E-state index in [0.717, 1.165) is 38.3 Å². The largest absolute Gasteiger partial charge is 0.493 e. The Morgan fingerprint density at radius 2 is 1.75 bits per heavy atom. The van der Waals surface area contributed by atoms with Crippen LogP contribution in [0.15, 0.2) is 83.9 Å². The Morgan fingerprint density at radius 3 is 2.43 bits per heavy atom. The van der Waals surface area contributed by atoms with Crippen molar-refractivity contribution in [3.63, 3.8) is 0 Å². The Kier molecular flexibility index (Phi) is 7.15. The van der Waals surface area contributed by atoms with E-state index >= 15 is 0 Å². The molecule has 0 bridgehead atoms. The van der Waals surface area contributed by atoms with Crippen LogP contribution in [0.2, 0.25) is 0 Å². The van der Waals surface area contributed by atoms with Crippen molar-refractivity contribution >= 4 is 21.6 Å². The molecule has 28 heavy (non-hydrogen) atoms. The molecule has 0 unspecified atom stereocenters. The SMILES string of the molecule is C=CCc1cc(CNc2ccccc2)cc(OC)c1OCc1ccc(Br)cc1. The molecule has 3 aromatic carbocycles. The van der Waals surface area contributed by atoms with Crippen LogP contribution < -0.4 is 14.8 Å². The molecule has 3 aromatic rings. The third kappa shape index (κ3) is 5.40. The van der Waals surface area contributed by atoms with E-state index < -0.39 is 0 Å². The summed E-state index contributed by atoms with van der Waals surface area (Å²) in [6, 6.07) is 22.4. The van der Waals surface area contributed by atoms with Gasteiger partial charge in [0.25, 0.3) is 0 Å². The van der Waals surface area contributed by atoms with Crippen molar-refractivity contribution in [2.24, 2.45) is 0 Å². The molecule has 4 heteroatoms. The number of anilines is 1. The van der Waals surface area contributed by atoms with Gasteiger partial charge in [0.2, 0.25) is 0 Å². The minimum atomic E-state index is 0.482. The van der Waals surface area contributed by atoms with E-state index in [4.69, 9.17) is 9.47 Å². The highest BCUT2D eigenvalue weighted by Crippen LogP contribution is 2.34. The first kappa shape index (κ1) is 20.0. The average Bonchev–Trinajstić information content (AvgIpc) is 2.73. The maximum atomic E-state index is 6.15. The highest BCUT2D eigenvalue weighted by Gasteiger charge is 2.13. The maximum absolute atomic E-state index is 6.15. The van der Waals surface area contributed by atoms with Gasteiger partial charge in [0.05, 0.1) is 7.11 Å². The Balaban J connectivity index is 1.79. The zero-order chi connectivity index (χ0) is 19.8. The van der Waals surface area contributed by atoms with Crippen LogP contribution in [0.3, 0.4) is 0 Å². The van der Waals surface area contributed by atoms with Crippen molar-refractivity contribution in [3.05, 3.63) is 101 Å². The second kappa shape index (κ2) is 10.00. The van der Waals surface area contributed by atoms with Crippen LogP contribution in [0.4, 0.5) is 5.69 Å². The zero-order valence-corrected chi connectivity index (χ0v) is 17.5. The Morgan fingerprint density at radius 1 is 1.00 bits per heavy atom. The van der Waals surface area contributed by atoms with Crippen LogP contribution in [-0.4, -0.2) is 7.11 Å². The molecule has 0 aliphatic rings. The molecule has 0 saturated heterocycles. The number of hydrogen-bond acceptors (Lipinski definition) is 3. The first-order chi connectivity index (χ1) is 13.7. The lowest BCUT2D eigenvalue weighted by Gasteiger charge is -2.17. The quantitative estimate of drug-likeness (QED) is 0.394. The Hall–Kier alpha value is -2.72. The van der Waals surface area contributed by atoms with Gasteiger partial charge < -0.3 is 14.8 Å². The molecule has 0 spiro atoms. The average molecular weight is 438 g/mol.